The molecule has 0 spiro atoms. The van der Waals surface area contributed by atoms with E-state index < -0.39 is 24.5 Å². The summed E-state index contributed by atoms with van der Waals surface area (Å²) >= 11 is 0. The van der Waals surface area contributed by atoms with Crippen LogP contribution in [-0.2, 0) is 16.0 Å². The molecule has 0 aromatic heterocycles. The molecule has 4 rings (SSSR count). The number of hydrogen-bond acceptors (Lipinski definition) is 7. The van der Waals surface area contributed by atoms with Crippen LogP contribution in [0.2, 0.25) is 0 Å². The number of nitrogens with zero attached hydrogens (tertiary/aromatic N) is 1. The highest BCUT2D eigenvalue weighted by molar-refractivity contribution is 5.85. The van der Waals surface area contributed by atoms with Gasteiger partial charge in [0.2, 0.25) is 0 Å². The molecule has 0 aliphatic rings. The molecule has 9 nitrogen and oxygen atoms in total. The summed E-state index contributed by atoms with van der Waals surface area (Å²) in [7, 11) is 2.64. The molecule has 230 valence electrons. The lowest BCUT2D eigenvalue weighted by Crippen LogP contribution is -2.46. The normalized spacial score (nSPS) is 12.3. The molecule has 9 heteroatoms. The molecule has 0 radical (unpaired) electrons. The zero-order valence-electron chi connectivity index (χ0n) is 25.2. The molecule has 2 unspecified atom stereocenters. The van der Waals surface area contributed by atoms with Crippen molar-refractivity contribution in [2.24, 2.45) is 0 Å². The van der Waals surface area contributed by atoms with E-state index in [9.17, 15) is 14.7 Å². The van der Waals surface area contributed by atoms with E-state index in [4.69, 9.17) is 14.2 Å². The Kier molecular flexibility index (Phi) is 11.7. The molecule has 4 aromatic carbocycles. The van der Waals surface area contributed by atoms with E-state index in [2.05, 4.69) is 27.7 Å². The number of aliphatic hydroxyl groups excluding tert-OH is 1. The van der Waals surface area contributed by atoms with E-state index in [0.29, 0.717) is 36.6 Å². The Labute approximate surface area is 258 Å². The molecular formula is C35H39N3O6. The minimum absolute atomic E-state index is 0.0565. The number of benzene rings is 4. The summed E-state index contributed by atoms with van der Waals surface area (Å²) in [6, 6.07) is 34.9. The summed E-state index contributed by atoms with van der Waals surface area (Å²) < 4.78 is 15.8. The summed E-state index contributed by atoms with van der Waals surface area (Å²) in [4.78, 5) is 25.6. The van der Waals surface area contributed by atoms with E-state index in [-0.39, 0.29) is 5.92 Å². The number of para-hydroxylation sites is 1. The topological polar surface area (TPSA) is 109 Å². The summed E-state index contributed by atoms with van der Waals surface area (Å²) in [6.07, 6.45) is -1.77. The van der Waals surface area contributed by atoms with Gasteiger partial charge in [-0.15, -0.1) is 0 Å². The molecule has 0 bridgehead atoms. The Morgan fingerprint density at radius 1 is 0.727 bits per heavy atom. The maximum atomic E-state index is 11.7. The highest BCUT2D eigenvalue weighted by Gasteiger charge is 2.27. The number of nitrogens with one attached hydrogen (secondary N) is 2. The highest BCUT2D eigenvalue weighted by Crippen LogP contribution is 2.31. The van der Waals surface area contributed by atoms with Crippen LogP contribution in [0.25, 0.3) is 0 Å². The van der Waals surface area contributed by atoms with Crippen LogP contribution in [0.15, 0.2) is 109 Å². The summed E-state index contributed by atoms with van der Waals surface area (Å²) in [5.41, 5.74) is 4.40. The van der Waals surface area contributed by atoms with Crippen molar-refractivity contribution < 1.29 is 28.9 Å². The third kappa shape index (κ3) is 9.32. The molecule has 4 aromatic rings. The fraction of sp³-hybridized carbons (Fsp3) is 0.257. The summed E-state index contributed by atoms with van der Waals surface area (Å²) in [6.45, 7) is 2.90. The van der Waals surface area contributed by atoms with E-state index >= 15 is 0 Å². The highest BCUT2D eigenvalue weighted by atomic mass is 16.5. The van der Waals surface area contributed by atoms with E-state index in [0.717, 1.165) is 16.7 Å². The van der Waals surface area contributed by atoms with Gasteiger partial charge in [0, 0.05) is 30.4 Å². The van der Waals surface area contributed by atoms with Crippen LogP contribution < -0.4 is 15.4 Å². The molecule has 0 heterocycles. The third-order valence-electron chi connectivity index (χ3n) is 7.20. The van der Waals surface area contributed by atoms with Crippen LogP contribution in [0.5, 0.6) is 5.75 Å². The van der Waals surface area contributed by atoms with Crippen molar-refractivity contribution in [1.82, 2.24) is 4.90 Å². The van der Waals surface area contributed by atoms with Crippen LogP contribution in [0, 0.1) is 0 Å². The zero-order valence-corrected chi connectivity index (χ0v) is 25.2. The largest absolute Gasteiger partial charge is 0.472 e. The number of amides is 2. The molecular weight excluding hydrogens is 558 g/mol. The first-order valence-electron chi connectivity index (χ1n) is 14.4. The van der Waals surface area contributed by atoms with Crippen molar-refractivity contribution in [2.75, 3.05) is 31.4 Å². The summed E-state index contributed by atoms with van der Waals surface area (Å²) in [5, 5.41) is 16.3. The lowest BCUT2D eigenvalue weighted by Gasteiger charge is -2.35. The van der Waals surface area contributed by atoms with Gasteiger partial charge in [-0.1, -0.05) is 72.8 Å². The fourth-order valence-electron chi connectivity index (χ4n) is 4.99. The van der Waals surface area contributed by atoms with Gasteiger partial charge in [0.05, 0.1) is 14.2 Å². The number of hydrogen-bond donors (Lipinski definition) is 3. The molecule has 44 heavy (non-hydrogen) atoms. The standard InChI is InChI=1S/C35H39N3O6/c1-25(39)33(44-31-12-8-5-9-13-31)38(24-26-10-6-4-7-11-26)23-22-32(27-14-18-29(19-15-27)36-34(40)42-2)28-16-20-30(21-17-28)37-35(41)43-3/h4-21,25,32-33,39H,22-24H2,1-3H3,(H,36,40)(H,37,41). The molecule has 2 atom stereocenters. The maximum absolute atomic E-state index is 11.7. The van der Waals surface area contributed by atoms with Gasteiger partial charge in [-0.3, -0.25) is 15.5 Å². The van der Waals surface area contributed by atoms with Gasteiger partial charge in [-0.05, 0) is 66.4 Å². The molecule has 0 fully saturated rings. The number of ether oxygens (including phenoxy) is 3. The van der Waals surface area contributed by atoms with Gasteiger partial charge < -0.3 is 19.3 Å². The minimum atomic E-state index is -0.773. The smallest absolute Gasteiger partial charge is 0.411 e. The van der Waals surface area contributed by atoms with E-state index in [1.807, 2.05) is 97.1 Å². The van der Waals surface area contributed by atoms with Crippen LogP contribution >= 0.6 is 0 Å². The van der Waals surface area contributed by atoms with Crippen molar-refractivity contribution >= 4 is 23.6 Å². The molecule has 0 saturated heterocycles. The number of carbonyl (C=O) groups is 2. The van der Waals surface area contributed by atoms with Gasteiger partial charge in [-0.25, -0.2) is 9.59 Å². The van der Waals surface area contributed by atoms with Crippen LogP contribution in [0.1, 0.15) is 36.0 Å². The first-order chi connectivity index (χ1) is 21.4. The first-order valence-corrected chi connectivity index (χ1v) is 14.4. The van der Waals surface area contributed by atoms with E-state index in [1.165, 1.54) is 14.2 Å². The average Bonchev–Trinajstić information content (AvgIpc) is 3.05. The van der Waals surface area contributed by atoms with Crippen molar-refractivity contribution in [2.45, 2.75) is 38.1 Å². The van der Waals surface area contributed by atoms with Gasteiger partial charge >= 0.3 is 12.2 Å². The lowest BCUT2D eigenvalue weighted by atomic mass is 9.88. The van der Waals surface area contributed by atoms with Gasteiger partial charge in [0.15, 0.2) is 6.23 Å². The van der Waals surface area contributed by atoms with Crippen molar-refractivity contribution in [3.8, 4) is 5.75 Å². The van der Waals surface area contributed by atoms with Gasteiger partial charge in [-0.2, -0.15) is 0 Å². The molecule has 0 aliphatic carbocycles. The lowest BCUT2D eigenvalue weighted by molar-refractivity contribution is -0.0633. The minimum Gasteiger partial charge on any atom is -0.472 e. The number of methoxy groups -OCH3 is 2. The Bertz CT molecular complexity index is 1390. The van der Waals surface area contributed by atoms with Crippen LogP contribution in [0.3, 0.4) is 0 Å². The van der Waals surface area contributed by atoms with Crippen molar-refractivity contribution in [3.63, 3.8) is 0 Å². The Hall–Kier alpha value is -4.86. The third-order valence-corrected chi connectivity index (χ3v) is 7.20. The predicted octanol–water partition coefficient (Wildman–Crippen LogP) is 6.85. The molecule has 3 N–H and O–H groups in total. The zero-order chi connectivity index (χ0) is 31.3. The number of aliphatic hydroxyl groups is 1. The Morgan fingerprint density at radius 3 is 1.66 bits per heavy atom. The fourth-order valence-corrected chi connectivity index (χ4v) is 4.99. The monoisotopic (exact) mass is 597 g/mol. The van der Waals surface area contributed by atoms with Crippen molar-refractivity contribution in [1.29, 1.82) is 0 Å². The maximum Gasteiger partial charge on any atom is 0.411 e. The van der Waals surface area contributed by atoms with Crippen LogP contribution in [-0.4, -0.2) is 55.3 Å². The van der Waals surface area contributed by atoms with Crippen LogP contribution in [0.4, 0.5) is 21.0 Å². The Balaban J connectivity index is 1.64. The number of rotatable bonds is 13. The Morgan fingerprint density at radius 2 is 1.20 bits per heavy atom. The molecule has 0 saturated carbocycles. The number of carbonyl (C=O) groups excluding carboxylic acids is 2. The second-order valence-electron chi connectivity index (χ2n) is 10.3. The average molecular weight is 598 g/mol. The van der Waals surface area contributed by atoms with Gasteiger partial charge in [0.25, 0.3) is 0 Å². The summed E-state index contributed by atoms with van der Waals surface area (Å²) in [5.74, 6) is 0.620. The number of anilines is 2. The SMILES string of the molecule is COC(=O)Nc1ccc(C(CCN(Cc2ccccc2)C(Oc2ccccc2)C(C)O)c2ccc(NC(=O)OC)cc2)cc1. The second-order valence-corrected chi connectivity index (χ2v) is 10.3. The second kappa shape index (κ2) is 16.1. The van der Waals surface area contributed by atoms with Crippen molar-refractivity contribution in [3.05, 3.63) is 126 Å². The predicted molar refractivity (Wildman–Crippen MR) is 171 cm³/mol. The quantitative estimate of drug-likeness (QED) is 0.145. The molecule has 0 aliphatic heterocycles. The first kappa shape index (κ1) is 32.1. The van der Waals surface area contributed by atoms with E-state index in [1.54, 1.807) is 6.92 Å². The van der Waals surface area contributed by atoms with Gasteiger partial charge in [0.1, 0.15) is 11.9 Å². The molecule has 2 amide bonds.